The molecule has 0 spiro atoms. The molecule has 0 aliphatic rings. The van der Waals surface area contributed by atoms with Gasteiger partial charge in [-0.25, -0.2) is 0 Å². The number of hydrogen-bond donors (Lipinski definition) is 0. The number of rotatable bonds is 1. The molecule has 0 nitrogen and oxygen atoms in total. The van der Waals surface area contributed by atoms with E-state index in [1.54, 1.807) is 11.3 Å². The maximum absolute atomic E-state index is 3.12. The van der Waals surface area contributed by atoms with Crippen molar-refractivity contribution in [1.29, 1.82) is 0 Å². The third-order valence-electron chi connectivity index (χ3n) is 2.06. The van der Waals surface area contributed by atoms with Crippen LogP contribution in [0, 0.1) is 5.38 Å². The van der Waals surface area contributed by atoms with Crippen molar-refractivity contribution < 1.29 is 0 Å². The minimum absolute atomic E-state index is 0.268. The normalized spacial score (nSPS) is 11.9. The van der Waals surface area contributed by atoms with Gasteiger partial charge in [-0.15, -0.1) is 22.7 Å². The van der Waals surface area contributed by atoms with Gasteiger partial charge < -0.3 is 0 Å². The lowest BCUT2D eigenvalue weighted by Gasteiger charge is -2.15. The van der Waals surface area contributed by atoms with Gasteiger partial charge >= 0.3 is 0 Å². The zero-order valence-corrected chi connectivity index (χ0v) is 10.3. The van der Waals surface area contributed by atoms with E-state index in [-0.39, 0.29) is 5.41 Å². The summed E-state index contributed by atoms with van der Waals surface area (Å²) < 4.78 is 0. The van der Waals surface area contributed by atoms with Crippen molar-refractivity contribution in [1.82, 2.24) is 0 Å². The molecule has 14 heavy (non-hydrogen) atoms. The summed E-state index contributed by atoms with van der Waals surface area (Å²) >= 11 is 3.57. The van der Waals surface area contributed by atoms with Gasteiger partial charge in [-0.3, -0.25) is 0 Å². The van der Waals surface area contributed by atoms with Crippen LogP contribution in [0.1, 0.15) is 25.6 Å². The molecule has 2 heterocycles. The van der Waals surface area contributed by atoms with Gasteiger partial charge in [-0.1, -0.05) is 20.8 Å². The molecule has 0 saturated carbocycles. The van der Waals surface area contributed by atoms with E-state index in [1.165, 1.54) is 14.6 Å². The molecule has 0 aromatic carbocycles. The molecule has 2 aromatic rings. The van der Waals surface area contributed by atoms with E-state index in [1.807, 2.05) is 17.4 Å². The van der Waals surface area contributed by atoms with E-state index in [9.17, 15) is 0 Å². The van der Waals surface area contributed by atoms with Crippen molar-refractivity contribution >= 4 is 22.7 Å². The topological polar surface area (TPSA) is 0 Å². The second-order valence-electron chi connectivity index (χ2n) is 4.33. The lowest BCUT2D eigenvalue weighted by atomic mass is 9.95. The van der Waals surface area contributed by atoms with Crippen molar-refractivity contribution in [2.75, 3.05) is 0 Å². The summed E-state index contributed by atoms with van der Waals surface area (Å²) in [4.78, 5) is 4.13. The first-order chi connectivity index (χ1) is 6.57. The predicted molar refractivity (Wildman–Crippen MR) is 65.2 cm³/mol. The Morgan fingerprint density at radius 2 is 1.86 bits per heavy atom. The average molecular weight is 221 g/mol. The summed E-state index contributed by atoms with van der Waals surface area (Å²) in [6.07, 6.45) is 0. The first-order valence-corrected chi connectivity index (χ1v) is 6.27. The van der Waals surface area contributed by atoms with Gasteiger partial charge in [-0.2, -0.15) is 0 Å². The standard InChI is InChI=1S/C12H13S2/c1-12(2,3)11-7-6-10(14-11)9-5-4-8-13-9/h4-7H,1-3H3. The molecule has 2 rings (SSSR count). The highest BCUT2D eigenvalue weighted by Crippen LogP contribution is 2.36. The molecule has 2 heteroatoms. The highest BCUT2D eigenvalue weighted by atomic mass is 32.1. The molecule has 2 aromatic heterocycles. The third kappa shape index (κ3) is 1.91. The van der Waals surface area contributed by atoms with Crippen molar-refractivity contribution in [2.24, 2.45) is 0 Å². The van der Waals surface area contributed by atoms with Crippen molar-refractivity contribution in [2.45, 2.75) is 26.2 Å². The Balaban J connectivity index is 2.36. The van der Waals surface area contributed by atoms with Crippen LogP contribution in [0.25, 0.3) is 9.75 Å². The van der Waals surface area contributed by atoms with E-state index in [0.717, 1.165) is 0 Å². The van der Waals surface area contributed by atoms with Gasteiger partial charge in [0.05, 0.1) is 0 Å². The van der Waals surface area contributed by atoms with Crippen LogP contribution in [-0.2, 0) is 5.41 Å². The van der Waals surface area contributed by atoms with Gasteiger partial charge in [0.2, 0.25) is 0 Å². The second kappa shape index (κ2) is 3.52. The highest BCUT2D eigenvalue weighted by Gasteiger charge is 2.16. The molecule has 0 atom stereocenters. The van der Waals surface area contributed by atoms with Crippen LogP contribution in [0.5, 0.6) is 0 Å². The van der Waals surface area contributed by atoms with E-state index in [2.05, 4.69) is 44.4 Å². The zero-order chi connectivity index (χ0) is 10.2. The average Bonchev–Trinajstić information content (AvgIpc) is 2.73. The fraction of sp³-hybridized carbons (Fsp3) is 0.333. The maximum Gasteiger partial charge on any atom is 0.0449 e. The van der Waals surface area contributed by atoms with Crippen molar-refractivity contribution in [3.05, 3.63) is 34.5 Å². The molecule has 1 radical (unpaired) electrons. The van der Waals surface area contributed by atoms with Gasteiger partial charge in [0.15, 0.2) is 0 Å². The second-order valence-corrected chi connectivity index (χ2v) is 6.29. The smallest absolute Gasteiger partial charge is 0.0449 e. The molecule has 0 aliphatic heterocycles. The van der Waals surface area contributed by atoms with E-state index < -0.39 is 0 Å². The van der Waals surface area contributed by atoms with Gasteiger partial charge in [0, 0.05) is 20.0 Å². The van der Waals surface area contributed by atoms with Crippen LogP contribution in [0.3, 0.4) is 0 Å². The Hall–Kier alpha value is -0.600. The molecule has 0 N–H and O–H groups in total. The first-order valence-electron chi connectivity index (χ1n) is 4.64. The fourth-order valence-corrected chi connectivity index (χ4v) is 3.05. The monoisotopic (exact) mass is 221 g/mol. The van der Waals surface area contributed by atoms with Crippen LogP contribution < -0.4 is 0 Å². The van der Waals surface area contributed by atoms with Crippen LogP contribution in [-0.4, -0.2) is 0 Å². The summed E-state index contributed by atoms with van der Waals surface area (Å²) in [5.41, 5.74) is 0.268. The van der Waals surface area contributed by atoms with Crippen LogP contribution in [0.4, 0.5) is 0 Å². The molecule has 0 unspecified atom stereocenters. The molecule has 0 saturated heterocycles. The number of thiophene rings is 2. The molecular weight excluding hydrogens is 208 g/mol. The fourth-order valence-electron chi connectivity index (χ4n) is 1.25. The van der Waals surface area contributed by atoms with E-state index in [4.69, 9.17) is 0 Å². The summed E-state index contributed by atoms with van der Waals surface area (Å²) in [6, 6.07) is 8.56. The summed E-state index contributed by atoms with van der Waals surface area (Å²) in [6.45, 7) is 6.76. The van der Waals surface area contributed by atoms with Crippen molar-refractivity contribution in [3.8, 4) is 9.75 Å². The first kappa shape index (κ1) is 9.94. The molecule has 73 valence electrons. The minimum atomic E-state index is 0.268. The molecule has 0 amide bonds. The summed E-state index contributed by atoms with van der Waals surface area (Å²) in [7, 11) is 0. The van der Waals surface area contributed by atoms with Crippen LogP contribution >= 0.6 is 22.7 Å². The lowest BCUT2D eigenvalue weighted by molar-refractivity contribution is 0.604. The SMILES string of the molecule is CC(C)(C)c1ccc(-c2cc[c]s2)s1. The summed E-state index contributed by atoms with van der Waals surface area (Å²) in [5, 5.41) is 3.12. The lowest BCUT2D eigenvalue weighted by Crippen LogP contribution is -2.07. The van der Waals surface area contributed by atoms with Crippen molar-refractivity contribution in [3.63, 3.8) is 0 Å². The van der Waals surface area contributed by atoms with Gasteiger partial charge in [-0.05, 0) is 29.7 Å². The van der Waals surface area contributed by atoms with E-state index >= 15 is 0 Å². The molecule has 0 bridgehead atoms. The molecule has 0 fully saturated rings. The Morgan fingerprint density at radius 3 is 2.36 bits per heavy atom. The van der Waals surface area contributed by atoms with Crippen LogP contribution in [0.15, 0.2) is 24.3 Å². The third-order valence-corrected chi connectivity index (χ3v) is 4.56. The van der Waals surface area contributed by atoms with Crippen LogP contribution in [0.2, 0.25) is 0 Å². The quantitative estimate of drug-likeness (QED) is 0.661. The zero-order valence-electron chi connectivity index (χ0n) is 8.63. The number of hydrogen-bond acceptors (Lipinski definition) is 2. The Bertz CT molecular complexity index is 402. The Labute approximate surface area is 93.2 Å². The summed E-state index contributed by atoms with van der Waals surface area (Å²) in [5.74, 6) is 0. The Kier molecular flexibility index (Phi) is 2.50. The molecular formula is C12H13S2. The largest absolute Gasteiger partial charge is 0.139 e. The highest BCUT2D eigenvalue weighted by molar-refractivity contribution is 7.21. The van der Waals surface area contributed by atoms with Gasteiger partial charge in [0.1, 0.15) is 0 Å². The van der Waals surface area contributed by atoms with Gasteiger partial charge in [0.25, 0.3) is 0 Å². The molecule has 0 aliphatic carbocycles. The van der Waals surface area contributed by atoms with E-state index in [0.29, 0.717) is 0 Å². The Morgan fingerprint density at radius 1 is 1.07 bits per heavy atom. The maximum atomic E-state index is 3.12. The predicted octanol–water partition coefficient (Wildman–Crippen LogP) is 4.57. The minimum Gasteiger partial charge on any atom is -0.139 e.